The Labute approximate surface area is 129 Å². The molecular weight excluding hydrogens is 301 g/mol. The van der Waals surface area contributed by atoms with Crippen LogP contribution in [0.2, 0.25) is 0 Å². The summed E-state index contributed by atoms with van der Waals surface area (Å²) in [4.78, 5) is 22.3. The highest BCUT2D eigenvalue weighted by molar-refractivity contribution is 7.46. The molecule has 0 aliphatic rings. The molecule has 0 radical (unpaired) electrons. The Bertz CT molecular complexity index is 707. The molecule has 5 nitrogen and oxygen atoms in total. The van der Waals surface area contributed by atoms with E-state index in [1.807, 2.05) is 56.3 Å². The van der Waals surface area contributed by atoms with Gasteiger partial charge in [-0.1, -0.05) is 56.3 Å². The van der Waals surface area contributed by atoms with E-state index in [1.54, 1.807) is 12.3 Å². The first-order chi connectivity index (χ1) is 10.3. The summed E-state index contributed by atoms with van der Waals surface area (Å²) >= 11 is 0. The van der Waals surface area contributed by atoms with Crippen LogP contribution in [0.3, 0.4) is 0 Å². The average Bonchev–Trinajstić information content (AvgIpc) is 2.44. The van der Waals surface area contributed by atoms with Gasteiger partial charge in [-0.3, -0.25) is 14.8 Å². The third kappa shape index (κ3) is 4.81. The quantitative estimate of drug-likeness (QED) is 0.818. The van der Waals surface area contributed by atoms with Gasteiger partial charge in [0, 0.05) is 6.20 Å². The van der Waals surface area contributed by atoms with Crippen molar-refractivity contribution in [3.8, 4) is 5.75 Å². The van der Waals surface area contributed by atoms with Gasteiger partial charge in [0.1, 0.15) is 0 Å². The number of hydrogen-bond donors (Lipinski definition) is 2. The number of rotatable bonds is 5. The van der Waals surface area contributed by atoms with Crippen LogP contribution in [0, 0.1) is 0 Å². The SMILES string of the molecule is CC(C)c1ncc(/C=C/c2ccccc2)cc1OP(=O)(O)O. The summed E-state index contributed by atoms with van der Waals surface area (Å²) in [6.07, 6.45) is 5.37. The molecule has 0 amide bonds. The summed E-state index contributed by atoms with van der Waals surface area (Å²) in [5, 5.41) is 0. The van der Waals surface area contributed by atoms with Gasteiger partial charge in [0.2, 0.25) is 0 Å². The van der Waals surface area contributed by atoms with E-state index in [0.717, 1.165) is 5.56 Å². The van der Waals surface area contributed by atoms with Crippen molar-refractivity contribution in [2.75, 3.05) is 0 Å². The van der Waals surface area contributed by atoms with Crippen LogP contribution in [0.4, 0.5) is 0 Å². The molecule has 6 heteroatoms. The largest absolute Gasteiger partial charge is 0.524 e. The van der Waals surface area contributed by atoms with E-state index in [-0.39, 0.29) is 11.7 Å². The molecule has 0 bridgehead atoms. The molecule has 0 aliphatic carbocycles. The van der Waals surface area contributed by atoms with E-state index in [4.69, 9.17) is 14.3 Å². The second kappa shape index (κ2) is 6.88. The predicted molar refractivity (Wildman–Crippen MR) is 86.4 cm³/mol. The van der Waals surface area contributed by atoms with Crippen molar-refractivity contribution < 1.29 is 18.9 Å². The third-order valence-electron chi connectivity index (χ3n) is 2.93. The number of aromatic nitrogens is 1. The summed E-state index contributed by atoms with van der Waals surface area (Å²) in [5.41, 5.74) is 2.24. The van der Waals surface area contributed by atoms with Gasteiger partial charge in [0.15, 0.2) is 5.75 Å². The van der Waals surface area contributed by atoms with E-state index in [2.05, 4.69) is 4.98 Å². The summed E-state index contributed by atoms with van der Waals surface area (Å²) in [5.74, 6) is 0.104. The monoisotopic (exact) mass is 319 g/mol. The topological polar surface area (TPSA) is 79.7 Å². The van der Waals surface area contributed by atoms with Gasteiger partial charge in [-0.25, -0.2) is 4.57 Å². The minimum Gasteiger partial charge on any atom is -0.402 e. The first-order valence-corrected chi connectivity index (χ1v) is 8.36. The normalized spacial score (nSPS) is 12.0. The smallest absolute Gasteiger partial charge is 0.402 e. The van der Waals surface area contributed by atoms with Gasteiger partial charge in [-0.15, -0.1) is 0 Å². The predicted octanol–water partition coefficient (Wildman–Crippen LogP) is 3.85. The highest BCUT2D eigenvalue weighted by Crippen LogP contribution is 2.40. The zero-order valence-electron chi connectivity index (χ0n) is 12.4. The molecule has 116 valence electrons. The van der Waals surface area contributed by atoms with Gasteiger partial charge in [0.25, 0.3) is 0 Å². The highest BCUT2D eigenvalue weighted by atomic mass is 31.2. The first-order valence-electron chi connectivity index (χ1n) is 6.83. The van der Waals surface area contributed by atoms with E-state index in [9.17, 15) is 4.57 Å². The fourth-order valence-corrected chi connectivity index (χ4v) is 2.36. The van der Waals surface area contributed by atoms with Gasteiger partial charge >= 0.3 is 7.82 Å². The number of nitrogens with zero attached hydrogens (tertiary/aromatic N) is 1. The van der Waals surface area contributed by atoms with Crippen molar-refractivity contribution in [3.63, 3.8) is 0 Å². The number of pyridine rings is 1. The molecule has 0 aliphatic heterocycles. The number of phosphoric acid groups is 1. The fraction of sp³-hybridized carbons (Fsp3) is 0.188. The fourth-order valence-electron chi connectivity index (χ4n) is 1.95. The highest BCUT2D eigenvalue weighted by Gasteiger charge is 2.20. The van der Waals surface area contributed by atoms with Gasteiger partial charge < -0.3 is 4.52 Å². The molecule has 0 fully saturated rings. The van der Waals surface area contributed by atoms with Gasteiger partial charge in [0.05, 0.1) is 5.69 Å². The van der Waals surface area contributed by atoms with Crippen LogP contribution in [0.25, 0.3) is 12.2 Å². The number of hydrogen-bond acceptors (Lipinski definition) is 3. The lowest BCUT2D eigenvalue weighted by Gasteiger charge is -2.13. The summed E-state index contributed by atoms with van der Waals surface area (Å²) in [6, 6.07) is 11.3. The molecule has 0 saturated carbocycles. The van der Waals surface area contributed by atoms with Crippen LogP contribution < -0.4 is 4.52 Å². The lowest BCUT2D eigenvalue weighted by molar-refractivity contribution is 0.281. The van der Waals surface area contributed by atoms with Crippen LogP contribution in [0.15, 0.2) is 42.6 Å². The molecule has 0 saturated heterocycles. The van der Waals surface area contributed by atoms with Crippen LogP contribution in [-0.4, -0.2) is 14.8 Å². The van der Waals surface area contributed by atoms with E-state index < -0.39 is 7.82 Å². The van der Waals surface area contributed by atoms with Gasteiger partial charge in [-0.2, -0.15) is 0 Å². The number of benzene rings is 1. The molecule has 0 unspecified atom stereocenters. The maximum atomic E-state index is 11.1. The van der Waals surface area contributed by atoms with Crippen LogP contribution in [-0.2, 0) is 4.57 Å². The van der Waals surface area contributed by atoms with E-state index >= 15 is 0 Å². The zero-order chi connectivity index (χ0) is 16.2. The van der Waals surface area contributed by atoms with Crippen molar-refractivity contribution in [3.05, 3.63) is 59.4 Å². The van der Waals surface area contributed by atoms with E-state index in [0.29, 0.717) is 11.3 Å². The van der Waals surface area contributed by atoms with Crippen molar-refractivity contribution in [2.24, 2.45) is 0 Å². The molecule has 2 rings (SSSR count). The van der Waals surface area contributed by atoms with Gasteiger partial charge in [-0.05, 0) is 23.1 Å². The molecule has 0 atom stereocenters. The van der Waals surface area contributed by atoms with Crippen molar-refractivity contribution >= 4 is 20.0 Å². The lowest BCUT2D eigenvalue weighted by atomic mass is 10.1. The Morgan fingerprint density at radius 1 is 1.14 bits per heavy atom. The third-order valence-corrected chi connectivity index (χ3v) is 3.37. The standard InChI is InChI=1S/C16H18NO4P/c1-12(2)16-15(21-22(18,19)20)10-14(11-17-16)9-8-13-6-4-3-5-7-13/h3-12H,1-2H3,(H2,18,19,20)/b9-8+. The zero-order valence-corrected chi connectivity index (χ0v) is 13.3. The summed E-state index contributed by atoms with van der Waals surface area (Å²) < 4.78 is 15.8. The molecule has 22 heavy (non-hydrogen) atoms. The lowest BCUT2D eigenvalue weighted by Crippen LogP contribution is -2.00. The molecule has 2 aromatic rings. The minimum absolute atomic E-state index is 0.00583. The van der Waals surface area contributed by atoms with Crippen molar-refractivity contribution in [1.29, 1.82) is 0 Å². The number of phosphoric ester groups is 1. The maximum absolute atomic E-state index is 11.1. The molecule has 0 spiro atoms. The molecule has 2 N–H and O–H groups in total. The van der Waals surface area contributed by atoms with Crippen LogP contribution in [0.5, 0.6) is 5.75 Å². The second-order valence-corrected chi connectivity index (χ2v) is 6.30. The summed E-state index contributed by atoms with van der Waals surface area (Å²) in [6.45, 7) is 3.77. The Morgan fingerprint density at radius 2 is 1.77 bits per heavy atom. The van der Waals surface area contributed by atoms with Crippen molar-refractivity contribution in [2.45, 2.75) is 19.8 Å². The Morgan fingerprint density at radius 3 is 2.36 bits per heavy atom. The summed E-state index contributed by atoms with van der Waals surface area (Å²) in [7, 11) is -4.62. The molecular formula is C16H18NO4P. The Balaban J connectivity index is 2.32. The minimum atomic E-state index is -4.62. The average molecular weight is 319 g/mol. The first kappa shape index (κ1) is 16.4. The molecule has 1 heterocycles. The Hall–Kier alpha value is -1.94. The second-order valence-electron chi connectivity index (χ2n) is 5.13. The molecule has 1 aromatic heterocycles. The maximum Gasteiger partial charge on any atom is 0.524 e. The van der Waals surface area contributed by atoms with Crippen LogP contribution in [0.1, 0.15) is 36.6 Å². The van der Waals surface area contributed by atoms with E-state index in [1.165, 1.54) is 0 Å². The van der Waals surface area contributed by atoms with Crippen LogP contribution >= 0.6 is 7.82 Å². The molecule has 1 aromatic carbocycles. The Kier molecular flexibility index (Phi) is 5.14. The van der Waals surface area contributed by atoms with Crippen molar-refractivity contribution in [1.82, 2.24) is 4.98 Å².